The van der Waals surface area contributed by atoms with Crippen molar-refractivity contribution in [1.82, 2.24) is 0 Å². The zero-order valence-electron chi connectivity index (χ0n) is 9.61. The molecule has 0 radical (unpaired) electrons. The molecule has 5 nitrogen and oxygen atoms in total. The van der Waals surface area contributed by atoms with Crippen LogP contribution in [0.1, 0.15) is 22.4 Å². The molecule has 1 heterocycles. The lowest BCUT2D eigenvalue weighted by atomic mass is 10.4. The van der Waals surface area contributed by atoms with Gasteiger partial charge in [-0.2, -0.15) is 17.7 Å². The maximum absolute atomic E-state index is 10.9. The largest absolute Gasteiger partial charge is 0.741 e. The highest BCUT2D eigenvalue weighted by atomic mass is 32.2. The Morgan fingerprint density at radius 1 is 1.44 bits per heavy atom. The highest BCUT2D eigenvalue weighted by molar-refractivity contribution is 7.86. The topological polar surface area (TPSA) is 78.1 Å². The molecule has 0 aliphatic carbocycles. The van der Waals surface area contributed by atoms with Crippen molar-refractivity contribution in [3.8, 4) is 0 Å². The van der Waals surface area contributed by atoms with Crippen LogP contribution in [-0.2, 0) is 17.2 Å². The summed E-state index contributed by atoms with van der Waals surface area (Å²) in [6.45, 7) is 3.58. The number of rotatable bonds is 1. The minimum atomic E-state index is -6.09. The molecule has 0 bridgehead atoms. The van der Waals surface area contributed by atoms with Crippen LogP contribution in [0.15, 0.2) is 5.38 Å². The Morgan fingerprint density at radius 3 is 1.94 bits per heavy atom. The van der Waals surface area contributed by atoms with Crippen LogP contribution in [0.5, 0.6) is 0 Å². The first kappa shape index (κ1) is 17.0. The van der Waals surface area contributed by atoms with Crippen LogP contribution in [0.2, 0.25) is 0 Å². The lowest BCUT2D eigenvalue weighted by molar-refractivity contribution is -0.674. The number of aryl methyl sites for hydroxylation is 1. The Morgan fingerprint density at radius 2 is 1.83 bits per heavy atom. The summed E-state index contributed by atoms with van der Waals surface area (Å²) in [5.74, 6) is 0.139. The van der Waals surface area contributed by atoms with Gasteiger partial charge in [-0.15, -0.1) is 0 Å². The van der Waals surface area contributed by atoms with Gasteiger partial charge in [-0.05, 0) is 0 Å². The summed E-state index contributed by atoms with van der Waals surface area (Å²) in [6.07, 6.45) is 0. The summed E-state index contributed by atoms with van der Waals surface area (Å²) in [4.78, 5) is 10.9. The summed E-state index contributed by atoms with van der Waals surface area (Å²) in [6, 6.07) is 0. The molecule has 1 rings (SSSR count). The number of Topliss-reactive ketones (excluding diaryl/α,β-unsaturated/α-hetero) is 1. The van der Waals surface area contributed by atoms with Crippen LogP contribution in [0.4, 0.5) is 13.2 Å². The molecule has 0 N–H and O–H groups in total. The smallest absolute Gasteiger partial charge is 0.485 e. The van der Waals surface area contributed by atoms with Crippen molar-refractivity contribution >= 4 is 27.2 Å². The predicted molar refractivity (Wildman–Crippen MR) is 56.0 cm³/mol. The second kappa shape index (κ2) is 5.76. The van der Waals surface area contributed by atoms with Gasteiger partial charge in [0.15, 0.2) is 15.8 Å². The van der Waals surface area contributed by atoms with E-state index in [1.54, 1.807) is 6.92 Å². The van der Waals surface area contributed by atoms with E-state index in [0.29, 0.717) is 0 Å². The van der Waals surface area contributed by atoms with E-state index in [0.717, 1.165) is 10.7 Å². The van der Waals surface area contributed by atoms with E-state index in [4.69, 9.17) is 13.0 Å². The molecule has 10 heteroatoms. The summed E-state index contributed by atoms with van der Waals surface area (Å²) in [7, 11) is -4.18. The molecule has 0 spiro atoms. The van der Waals surface area contributed by atoms with E-state index in [1.165, 1.54) is 11.3 Å². The first-order valence-corrected chi connectivity index (χ1v) is 6.64. The molecular weight excluding hydrogens is 295 g/mol. The number of aromatic nitrogens is 1. The number of alkyl halides is 3. The Hall–Kier alpha value is -1.00. The first-order valence-electron chi connectivity index (χ1n) is 4.35. The van der Waals surface area contributed by atoms with Crippen molar-refractivity contribution < 1.29 is 35.5 Å². The summed E-state index contributed by atoms with van der Waals surface area (Å²) in [5.41, 5.74) is -4.51. The van der Waals surface area contributed by atoms with Crippen molar-refractivity contribution in [1.29, 1.82) is 0 Å². The third kappa shape index (κ3) is 4.70. The van der Waals surface area contributed by atoms with Gasteiger partial charge in [0.2, 0.25) is 5.78 Å². The van der Waals surface area contributed by atoms with Crippen molar-refractivity contribution in [3.63, 3.8) is 0 Å². The highest BCUT2D eigenvalue weighted by Crippen LogP contribution is 2.20. The van der Waals surface area contributed by atoms with E-state index >= 15 is 0 Å². The SMILES string of the molecule is CC(=O)c1scc(C)[n+]1C.O=S(=O)([O-])C(F)(F)F. The number of carbonyl (C=O) groups is 1. The molecule has 0 unspecified atom stereocenters. The van der Waals surface area contributed by atoms with Gasteiger partial charge in [0.25, 0.3) is 0 Å². The van der Waals surface area contributed by atoms with Gasteiger partial charge in [-0.1, -0.05) is 11.3 Å². The van der Waals surface area contributed by atoms with E-state index in [2.05, 4.69) is 0 Å². The standard InChI is InChI=1S/C7H10NOS.CHF3O3S/c1-5-4-10-7(6(2)9)8(5)3;2-1(3,4)8(5,6)7/h4H,1-3H3;(H,5,6,7)/q+1;/p-1. The van der Waals surface area contributed by atoms with Gasteiger partial charge in [0, 0.05) is 13.8 Å². The number of thiazole rings is 1. The van der Waals surface area contributed by atoms with E-state index in [-0.39, 0.29) is 5.78 Å². The van der Waals surface area contributed by atoms with E-state index in [9.17, 15) is 18.0 Å². The number of carbonyl (C=O) groups excluding carboxylic acids is 1. The van der Waals surface area contributed by atoms with Crippen LogP contribution in [-0.4, -0.2) is 24.3 Å². The Labute approximate surface area is 106 Å². The second-order valence-electron chi connectivity index (χ2n) is 3.20. The average molecular weight is 305 g/mol. The van der Waals surface area contributed by atoms with Crippen molar-refractivity contribution in [3.05, 3.63) is 16.1 Å². The minimum Gasteiger partial charge on any atom is -0.741 e. The minimum absolute atomic E-state index is 0.139. The molecule has 18 heavy (non-hydrogen) atoms. The van der Waals surface area contributed by atoms with Gasteiger partial charge in [-0.25, -0.2) is 8.42 Å². The number of nitrogens with zero attached hydrogens (tertiary/aromatic N) is 1. The van der Waals surface area contributed by atoms with E-state index < -0.39 is 15.6 Å². The van der Waals surface area contributed by atoms with Crippen molar-refractivity contribution in [2.24, 2.45) is 7.05 Å². The molecule has 0 amide bonds. The molecule has 1 aromatic heterocycles. The van der Waals surface area contributed by atoms with Gasteiger partial charge >= 0.3 is 10.5 Å². The first-order chi connectivity index (χ1) is 7.88. The van der Waals surface area contributed by atoms with Crippen molar-refractivity contribution in [2.45, 2.75) is 19.4 Å². The lowest BCUT2D eigenvalue weighted by Crippen LogP contribution is -2.34. The Bertz CT molecular complexity index is 533. The number of hydrogen-bond donors (Lipinski definition) is 0. The predicted octanol–water partition coefficient (Wildman–Crippen LogP) is 1.14. The third-order valence-corrected chi connectivity index (χ3v) is 3.57. The third-order valence-electron chi connectivity index (χ3n) is 1.76. The van der Waals surface area contributed by atoms with Crippen molar-refractivity contribution in [2.75, 3.05) is 0 Å². The Balaban J connectivity index is 0.000000331. The Kier molecular flexibility index (Phi) is 5.44. The molecular formula is C8H10F3NO4S2. The van der Waals surface area contributed by atoms with Gasteiger partial charge in [-0.3, -0.25) is 4.79 Å². The molecule has 0 fully saturated rings. The maximum atomic E-state index is 10.9. The number of ketones is 1. The zero-order chi connectivity index (χ0) is 14.7. The second-order valence-corrected chi connectivity index (χ2v) is 5.43. The molecule has 0 saturated carbocycles. The molecule has 0 atom stereocenters. The van der Waals surface area contributed by atoms with Crippen LogP contribution in [0, 0.1) is 6.92 Å². The van der Waals surface area contributed by atoms with Crippen LogP contribution >= 0.6 is 11.3 Å². The van der Waals surface area contributed by atoms with Crippen LogP contribution < -0.4 is 4.57 Å². The summed E-state index contributed by atoms with van der Waals surface area (Å²) >= 11 is 1.50. The molecule has 104 valence electrons. The van der Waals surface area contributed by atoms with Gasteiger partial charge in [0.05, 0.1) is 5.38 Å². The quantitative estimate of drug-likeness (QED) is 0.337. The monoisotopic (exact) mass is 305 g/mol. The maximum Gasteiger partial charge on any atom is 0.485 e. The summed E-state index contributed by atoms with van der Waals surface area (Å²) < 4.78 is 60.8. The van der Waals surface area contributed by atoms with Gasteiger partial charge < -0.3 is 4.55 Å². The van der Waals surface area contributed by atoms with E-state index in [1.807, 2.05) is 23.9 Å². The average Bonchev–Trinajstić information content (AvgIpc) is 2.45. The molecule has 0 aromatic carbocycles. The fraction of sp³-hybridized carbons (Fsp3) is 0.500. The fourth-order valence-corrected chi connectivity index (χ4v) is 1.69. The van der Waals surface area contributed by atoms with Gasteiger partial charge in [0.1, 0.15) is 7.05 Å². The highest BCUT2D eigenvalue weighted by Gasteiger charge is 2.36. The fourth-order valence-electron chi connectivity index (χ4n) is 0.779. The zero-order valence-corrected chi connectivity index (χ0v) is 11.2. The molecule has 0 aliphatic heterocycles. The molecule has 0 saturated heterocycles. The molecule has 1 aromatic rings. The number of halogens is 3. The number of hydrogen-bond acceptors (Lipinski definition) is 5. The lowest BCUT2D eigenvalue weighted by Gasteiger charge is -2.08. The normalized spacial score (nSPS) is 11.7. The van der Waals surface area contributed by atoms with Crippen LogP contribution in [0.25, 0.3) is 0 Å². The molecule has 0 aliphatic rings. The van der Waals surface area contributed by atoms with Crippen LogP contribution in [0.3, 0.4) is 0 Å². The summed E-state index contributed by atoms with van der Waals surface area (Å²) in [5, 5.41) is 2.80.